The molecule has 0 radical (unpaired) electrons. The van der Waals surface area contributed by atoms with E-state index in [-0.39, 0.29) is 5.56 Å². The summed E-state index contributed by atoms with van der Waals surface area (Å²) in [5.41, 5.74) is 1.35. The van der Waals surface area contributed by atoms with Crippen molar-refractivity contribution in [2.24, 2.45) is 5.41 Å². The first-order chi connectivity index (χ1) is 9.05. The Morgan fingerprint density at radius 2 is 2.00 bits per heavy atom. The highest BCUT2D eigenvalue weighted by Crippen LogP contribution is 2.41. The van der Waals surface area contributed by atoms with Crippen LogP contribution >= 0.6 is 0 Å². The van der Waals surface area contributed by atoms with Crippen molar-refractivity contribution in [3.8, 4) is 0 Å². The minimum absolute atomic E-state index is 0.0667. The molecule has 0 bridgehead atoms. The van der Waals surface area contributed by atoms with Crippen molar-refractivity contribution in [1.82, 2.24) is 9.97 Å². The Morgan fingerprint density at radius 1 is 1.26 bits per heavy atom. The highest BCUT2D eigenvalue weighted by atomic mass is 16.1. The van der Waals surface area contributed by atoms with Gasteiger partial charge in [-0.2, -0.15) is 0 Å². The molecule has 1 saturated carbocycles. The minimum Gasteiger partial charge on any atom is -0.370 e. The van der Waals surface area contributed by atoms with E-state index in [2.05, 4.69) is 29.1 Å². The number of fused-ring (bicyclic) bond motifs is 1. The van der Waals surface area contributed by atoms with Crippen molar-refractivity contribution >= 4 is 5.82 Å². The van der Waals surface area contributed by atoms with E-state index < -0.39 is 0 Å². The lowest BCUT2D eigenvalue weighted by Gasteiger charge is -2.34. The van der Waals surface area contributed by atoms with Gasteiger partial charge in [-0.1, -0.05) is 13.8 Å². The van der Waals surface area contributed by atoms with Crippen LogP contribution in [0.15, 0.2) is 4.79 Å². The fourth-order valence-electron chi connectivity index (χ4n) is 3.23. The number of nitrogens with zero attached hydrogens (tertiary/aromatic N) is 1. The zero-order valence-electron chi connectivity index (χ0n) is 11.9. The third-order valence-corrected chi connectivity index (χ3v) is 4.66. The number of aromatic amines is 1. The summed E-state index contributed by atoms with van der Waals surface area (Å²) in [6, 6.07) is 0. The van der Waals surface area contributed by atoms with Crippen LogP contribution in [0, 0.1) is 5.41 Å². The second kappa shape index (κ2) is 4.66. The Bertz CT molecular complexity index is 523. The van der Waals surface area contributed by atoms with Crippen LogP contribution in [0.5, 0.6) is 0 Å². The summed E-state index contributed by atoms with van der Waals surface area (Å²) in [7, 11) is 0. The fraction of sp³-hybridized carbons (Fsp3) is 0.733. The van der Waals surface area contributed by atoms with Crippen LogP contribution in [0.4, 0.5) is 5.82 Å². The molecule has 1 aromatic rings. The van der Waals surface area contributed by atoms with Gasteiger partial charge in [0.05, 0.1) is 5.56 Å². The van der Waals surface area contributed by atoms with Gasteiger partial charge in [0, 0.05) is 12.5 Å². The standard InChI is InChI=1S/C15H23N3O/c1-15(2)7-5-10(6-8-15)12-17-13-11(14(19)18-12)4-3-9-16-13/h10H,3-9H2,1-2H3,(H2,16,17,18,19). The molecule has 1 fully saturated rings. The Kier molecular flexibility index (Phi) is 3.11. The molecule has 0 atom stereocenters. The van der Waals surface area contributed by atoms with Gasteiger partial charge >= 0.3 is 0 Å². The number of hydrogen-bond donors (Lipinski definition) is 2. The molecule has 1 aliphatic heterocycles. The van der Waals surface area contributed by atoms with Crippen molar-refractivity contribution < 1.29 is 0 Å². The van der Waals surface area contributed by atoms with Crippen LogP contribution in [-0.4, -0.2) is 16.5 Å². The van der Waals surface area contributed by atoms with Crippen molar-refractivity contribution in [3.05, 3.63) is 21.7 Å². The van der Waals surface area contributed by atoms with Gasteiger partial charge in [0.25, 0.3) is 5.56 Å². The van der Waals surface area contributed by atoms with Crippen molar-refractivity contribution in [3.63, 3.8) is 0 Å². The molecule has 1 aliphatic carbocycles. The van der Waals surface area contributed by atoms with E-state index in [0.29, 0.717) is 11.3 Å². The van der Waals surface area contributed by atoms with Crippen molar-refractivity contribution in [2.75, 3.05) is 11.9 Å². The van der Waals surface area contributed by atoms with E-state index in [0.717, 1.165) is 49.4 Å². The zero-order chi connectivity index (χ0) is 13.5. The van der Waals surface area contributed by atoms with E-state index in [9.17, 15) is 4.79 Å². The van der Waals surface area contributed by atoms with Gasteiger partial charge in [-0.3, -0.25) is 4.79 Å². The third-order valence-electron chi connectivity index (χ3n) is 4.66. The molecule has 0 unspecified atom stereocenters. The highest BCUT2D eigenvalue weighted by Gasteiger charge is 2.29. The van der Waals surface area contributed by atoms with Crippen LogP contribution in [0.1, 0.15) is 63.3 Å². The number of H-pyrrole nitrogens is 1. The minimum atomic E-state index is 0.0667. The van der Waals surface area contributed by atoms with Gasteiger partial charge in [0.15, 0.2) is 0 Å². The Balaban J connectivity index is 1.86. The number of nitrogens with one attached hydrogen (secondary N) is 2. The number of rotatable bonds is 1. The molecule has 0 spiro atoms. The summed E-state index contributed by atoms with van der Waals surface area (Å²) in [5, 5.41) is 3.27. The summed E-state index contributed by atoms with van der Waals surface area (Å²) in [6.07, 6.45) is 6.57. The molecule has 19 heavy (non-hydrogen) atoms. The molecule has 1 aromatic heterocycles. The van der Waals surface area contributed by atoms with Gasteiger partial charge in [-0.25, -0.2) is 4.98 Å². The molecule has 4 heteroatoms. The average molecular weight is 261 g/mol. The van der Waals surface area contributed by atoms with Gasteiger partial charge < -0.3 is 10.3 Å². The molecule has 0 saturated heterocycles. The zero-order valence-corrected chi connectivity index (χ0v) is 11.9. The van der Waals surface area contributed by atoms with Crippen molar-refractivity contribution in [1.29, 1.82) is 0 Å². The first kappa shape index (κ1) is 12.7. The summed E-state index contributed by atoms with van der Waals surface area (Å²) in [5.74, 6) is 2.15. The second-order valence-corrected chi connectivity index (χ2v) is 6.75. The predicted molar refractivity (Wildman–Crippen MR) is 76.7 cm³/mol. The maximum absolute atomic E-state index is 12.1. The van der Waals surface area contributed by atoms with Crippen LogP contribution in [0.2, 0.25) is 0 Å². The molecule has 4 nitrogen and oxygen atoms in total. The van der Waals surface area contributed by atoms with Gasteiger partial charge in [-0.05, 0) is 43.9 Å². The maximum atomic E-state index is 12.1. The Hall–Kier alpha value is -1.32. The monoisotopic (exact) mass is 261 g/mol. The largest absolute Gasteiger partial charge is 0.370 e. The first-order valence-corrected chi connectivity index (χ1v) is 7.42. The Morgan fingerprint density at radius 3 is 2.74 bits per heavy atom. The van der Waals surface area contributed by atoms with Gasteiger partial charge in [0.1, 0.15) is 11.6 Å². The lowest BCUT2D eigenvalue weighted by Crippen LogP contribution is -2.28. The Labute approximate surface area is 114 Å². The summed E-state index contributed by atoms with van der Waals surface area (Å²) < 4.78 is 0. The summed E-state index contributed by atoms with van der Waals surface area (Å²) in [4.78, 5) is 19.8. The molecular weight excluding hydrogens is 238 g/mol. The average Bonchev–Trinajstić information content (AvgIpc) is 2.38. The van der Waals surface area contributed by atoms with Crippen LogP contribution in [0.25, 0.3) is 0 Å². The SMILES string of the molecule is CC1(C)CCC(c2nc3c(c(=O)[nH]2)CCCN3)CC1. The van der Waals surface area contributed by atoms with Gasteiger partial charge in [0.2, 0.25) is 0 Å². The van der Waals surface area contributed by atoms with Crippen LogP contribution in [0.3, 0.4) is 0 Å². The van der Waals surface area contributed by atoms with Crippen LogP contribution < -0.4 is 10.9 Å². The smallest absolute Gasteiger partial charge is 0.256 e. The van der Waals surface area contributed by atoms with E-state index in [4.69, 9.17) is 0 Å². The molecule has 3 rings (SSSR count). The molecule has 0 aromatic carbocycles. The first-order valence-electron chi connectivity index (χ1n) is 7.42. The van der Waals surface area contributed by atoms with Gasteiger partial charge in [-0.15, -0.1) is 0 Å². The highest BCUT2D eigenvalue weighted by molar-refractivity contribution is 5.45. The molecular formula is C15H23N3O. The molecule has 2 aliphatic rings. The molecule has 2 N–H and O–H groups in total. The van der Waals surface area contributed by atoms with Crippen LogP contribution in [-0.2, 0) is 6.42 Å². The van der Waals surface area contributed by atoms with E-state index >= 15 is 0 Å². The summed E-state index contributed by atoms with van der Waals surface area (Å²) in [6.45, 7) is 5.59. The quantitative estimate of drug-likeness (QED) is 0.817. The van der Waals surface area contributed by atoms with E-state index in [1.54, 1.807) is 0 Å². The second-order valence-electron chi connectivity index (χ2n) is 6.75. The summed E-state index contributed by atoms with van der Waals surface area (Å²) >= 11 is 0. The molecule has 104 valence electrons. The maximum Gasteiger partial charge on any atom is 0.256 e. The molecule has 0 amide bonds. The third kappa shape index (κ3) is 2.53. The predicted octanol–water partition coefficient (Wildman–Crippen LogP) is 2.81. The number of hydrogen-bond acceptors (Lipinski definition) is 3. The number of aromatic nitrogens is 2. The molecule has 2 heterocycles. The fourth-order valence-corrected chi connectivity index (χ4v) is 3.23. The lowest BCUT2D eigenvalue weighted by molar-refractivity contribution is 0.220. The normalized spacial score (nSPS) is 22.6. The number of anilines is 1. The topological polar surface area (TPSA) is 57.8 Å². The van der Waals surface area contributed by atoms with E-state index in [1.165, 1.54) is 12.8 Å². The van der Waals surface area contributed by atoms with E-state index in [1.807, 2.05) is 0 Å². The van der Waals surface area contributed by atoms with Crippen molar-refractivity contribution in [2.45, 2.75) is 58.3 Å². The lowest BCUT2D eigenvalue weighted by atomic mass is 9.73.